The number of hydrogen-bond donors (Lipinski definition) is 2. The summed E-state index contributed by atoms with van der Waals surface area (Å²) in [5, 5.41) is 14.4. The molecule has 0 saturated carbocycles. The minimum Gasteiger partial charge on any atom is -0.348 e. The third kappa shape index (κ3) is 2.33. The number of hydrogen-bond acceptors (Lipinski definition) is 3. The summed E-state index contributed by atoms with van der Waals surface area (Å²) in [6, 6.07) is 2.10. The van der Waals surface area contributed by atoms with Crippen molar-refractivity contribution in [2.75, 3.05) is 0 Å². The van der Waals surface area contributed by atoms with Gasteiger partial charge in [0.2, 0.25) is 0 Å². The molecule has 0 spiro atoms. The summed E-state index contributed by atoms with van der Waals surface area (Å²) in [5.41, 5.74) is 3.03. The molecule has 6 heteroatoms. The summed E-state index contributed by atoms with van der Waals surface area (Å²) in [6.07, 6.45) is 6.27. The van der Waals surface area contributed by atoms with Crippen LogP contribution in [-0.4, -0.2) is 31.9 Å². The lowest BCUT2D eigenvalue weighted by molar-refractivity contribution is 0.0920. The zero-order chi connectivity index (χ0) is 14.1. The van der Waals surface area contributed by atoms with E-state index in [2.05, 4.69) is 20.6 Å². The second-order valence-electron chi connectivity index (χ2n) is 5.54. The third-order valence-corrected chi connectivity index (χ3v) is 3.75. The number of H-pyrrole nitrogens is 1. The summed E-state index contributed by atoms with van der Waals surface area (Å²) >= 11 is 0. The van der Waals surface area contributed by atoms with Gasteiger partial charge in [0.25, 0.3) is 5.91 Å². The van der Waals surface area contributed by atoms with Crippen LogP contribution in [0, 0.1) is 0 Å². The minimum atomic E-state index is -0.0517. The first-order valence-electron chi connectivity index (χ1n) is 7.00. The van der Waals surface area contributed by atoms with Crippen LogP contribution in [0.5, 0.6) is 0 Å². The molecule has 0 fully saturated rings. The first-order chi connectivity index (χ1) is 9.65. The first kappa shape index (κ1) is 12.9. The molecule has 0 radical (unpaired) electrons. The third-order valence-electron chi connectivity index (χ3n) is 3.75. The molecule has 3 rings (SSSR count). The van der Waals surface area contributed by atoms with Gasteiger partial charge < -0.3 is 5.32 Å². The van der Waals surface area contributed by atoms with Crippen molar-refractivity contribution >= 4 is 5.91 Å². The molecule has 6 nitrogen and oxygen atoms in total. The molecule has 2 heterocycles. The van der Waals surface area contributed by atoms with E-state index < -0.39 is 0 Å². The van der Waals surface area contributed by atoms with Gasteiger partial charge in [-0.3, -0.25) is 14.6 Å². The number of fused-ring (bicyclic) bond motifs is 1. The van der Waals surface area contributed by atoms with Crippen molar-refractivity contribution < 1.29 is 4.79 Å². The Morgan fingerprint density at radius 3 is 3.20 bits per heavy atom. The smallest absolute Gasteiger partial charge is 0.269 e. The van der Waals surface area contributed by atoms with E-state index in [-0.39, 0.29) is 18.0 Å². The van der Waals surface area contributed by atoms with Crippen molar-refractivity contribution in [1.29, 1.82) is 0 Å². The van der Waals surface area contributed by atoms with Gasteiger partial charge in [-0.1, -0.05) is 0 Å². The van der Waals surface area contributed by atoms with Crippen LogP contribution in [-0.2, 0) is 12.8 Å². The normalized spacial score (nSPS) is 18.1. The van der Waals surface area contributed by atoms with Crippen molar-refractivity contribution in [3.8, 4) is 0 Å². The molecule has 0 bridgehead atoms. The Bertz CT molecular complexity index is 613. The lowest BCUT2D eigenvalue weighted by Gasteiger charge is -2.23. The number of rotatable bonds is 3. The number of aryl methyl sites for hydroxylation is 1. The molecule has 0 aliphatic heterocycles. The fourth-order valence-electron chi connectivity index (χ4n) is 2.70. The van der Waals surface area contributed by atoms with Gasteiger partial charge in [0.15, 0.2) is 0 Å². The summed E-state index contributed by atoms with van der Waals surface area (Å²) in [5.74, 6) is -0.0517. The summed E-state index contributed by atoms with van der Waals surface area (Å²) in [4.78, 5) is 12.4. The number of nitrogens with zero attached hydrogens (tertiary/aromatic N) is 3. The molecular weight excluding hydrogens is 254 g/mol. The van der Waals surface area contributed by atoms with E-state index in [0.29, 0.717) is 5.69 Å². The highest BCUT2D eigenvalue weighted by atomic mass is 16.2. The van der Waals surface area contributed by atoms with Crippen molar-refractivity contribution in [3.63, 3.8) is 0 Å². The maximum absolute atomic E-state index is 12.4. The van der Waals surface area contributed by atoms with Crippen LogP contribution in [0.2, 0.25) is 0 Å². The zero-order valence-electron chi connectivity index (χ0n) is 11.8. The van der Waals surface area contributed by atoms with Gasteiger partial charge >= 0.3 is 0 Å². The van der Waals surface area contributed by atoms with Gasteiger partial charge in [0.05, 0.1) is 6.20 Å². The monoisotopic (exact) mass is 273 g/mol. The maximum atomic E-state index is 12.4. The van der Waals surface area contributed by atoms with Gasteiger partial charge in [-0.15, -0.1) is 0 Å². The van der Waals surface area contributed by atoms with Crippen LogP contribution >= 0.6 is 0 Å². The van der Waals surface area contributed by atoms with E-state index in [0.717, 1.165) is 25.0 Å². The molecule has 0 unspecified atom stereocenters. The second kappa shape index (κ2) is 5.11. The lowest BCUT2D eigenvalue weighted by atomic mass is 9.94. The highest BCUT2D eigenvalue weighted by Gasteiger charge is 2.23. The highest BCUT2D eigenvalue weighted by molar-refractivity contribution is 5.92. The maximum Gasteiger partial charge on any atom is 0.269 e. The van der Waals surface area contributed by atoms with E-state index in [1.54, 1.807) is 16.9 Å². The molecule has 2 aromatic rings. The number of carbonyl (C=O) groups is 1. The Hall–Kier alpha value is -2.11. The molecule has 1 aliphatic carbocycles. The number of amides is 1. The number of nitrogens with one attached hydrogen (secondary N) is 2. The minimum absolute atomic E-state index is 0.0517. The van der Waals surface area contributed by atoms with E-state index >= 15 is 0 Å². The molecule has 0 saturated heterocycles. The van der Waals surface area contributed by atoms with E-state index in [9.17, 15) is 4.79 Å². The summed E-state index contributed by atoms with van der Waals surface area (Å²) < 4.78 is 1.75. The van der Waals surface area contributed by atoms with E-state index in [4.69, 9.17) is 0 Å². The SMILES string of the molecule is CC(C)n1nccc1C(=O)N[C@H]1CCc2cn[nH]c2C1. The predicted octanol–water partition coefficient (Wildman–Crippen LogP) is 1.47. The summed E-state index contributed by atoms with van der Waals surface area (Å²) in [6.45, 7) is 4.03. The van der Waals surface area contributed by atoms with Crippen LogP contribution in [0.1, 0.15) is 48.1 Å². The standard InChI is InChI=1S/C14H19N5O/c1-9(2)19-13(5-6-16-19)14(20)17-11-4-3-10-8-15-18-12(10)7-11/h5-6,8-9,11H,3-4,7H2,1-2H3,(H,15,18)(H,17,20)/t11-/m0/s1. The van der Waals surface area contributed by atoms with Gasteiger partial charge in [-0.25, -0.2) is 0 Å². The molecule has 20 heavy (non-hydrogen) atoms. The predicted molar refractivity (Wildman–Crippen MR) is 74.5 cm³/mol. The fourth-order valence-corrected chi connectivity index (χ4v) is 2.70. The Morgan fingerprint density at radius 2 is 2.40 bits per heavy atom. The van der Waals surface area contributed by atoms with E-state index in [1.165, 1.54) is 5.56 Å². The van der Waals surface area contributed by atoms with Crippen LogP contribution < -0.4 is 5.32 Å². The van der Waals surface area contributed by atoms with Crippen molar-refractivity contribution in [2.24, 2.45) is 0 Å². The van der Waals surface area contributed by atoms with Gasteiger partial charge in [-0.2, -0.15) is 10.2 Å². The Kier molecular flexibility index (Phi) is 3.30. The molecule has 2 N–H and O–H groups in total. The number of aromatic nitrogens is 4. The van der Waals surface area contributed by atoms with Gasteiger partial charge in [0, 0.05) is 30.4 Å². The Labute approximate surface area is 117 Å². The molecule has 2 aromatic heterocycles. The molecule has 1 aliphatic rings. The number of carbonyl (C=O) groups excluding carboxylic acids is 1. The zero-order valence-corrected chi connectivity index (χ0v) is 11.8. The van der Waals surface area contributed by atoms with Crippen LogP contribution in [0.25, 0.3) is 0 Å². The fraction of sp³-hybridized carbons (Fsp3) is 0.500. The average Bonchev–Trinajstić information content (AvgIpc) is 3.06. The highest BCUT2D eigenvalue weighted by Crippen LogP contribution is 2.19. The second-order valence-corrected chi connectivity index (χ2v) is 5.54. The lowest BCUT2D eigenvalue weighted by Crippen LogP contribution is -2.39. The molecule has 1 amide bonds. The van der Waals surface area contributed by atoms with Crippen molar-refractivity contribution in [2.45, 2.75) is 45.2 Å². The molecule has 1 atom stereocenters. The van der Waals surface area contributed by atoms with Gasteiger partial charge in [0.1, 0.15) is 5.69 Å². The molecule has 0 aromatic carbocycles. The molecule has 106 valence electrons. The Balaban J connectivity index is 1.69. The van der Waals surface area contributed by atoms with Crippen molar-refractivity contribution in [3.05, 3.63) is 35.4 Å². The largest absolute Gasteiger partial charge is 0.348 e. The first-order valence-corrected chi connectivity index (χ1v) is 7.00. The average molecular weight is 273 g/mol. The van der Waals surface area contributed by atoms with Crippen LogP contribution in [0.4, 0.5) is 0 Å². The quantitative estimate of drug-likeness (QED) is 0.889. The topological polar surface area (TPSA) is 75.6 Å². The number of aromatic amines is 1. The van der Waals surface area contributed by atoms with E-state index in [1.807, 2.05) is 20.0 Å². The van der Waals surface area contributed by atoms with Crippen molar-refractivity contribution in [1.82, 2.24) is 25.3 Å². The van der Waals surface area contributed by atoms with Crippen LogP contribution in [0.3, 0.4) is 0 Å². The molecular formula is C14H19N5O. The Morgan fingerprint density at radius 1 is 1.55 bits per heavy atom. The van der Waals surface area contributed by atoms with Crippen LogP contribution in [0.15, 0.2) is 18.5 Å². The summed E-state index contributed by atoms with van der Waals surface area (Å²) in [7, 11) is 0. The van der Waals surface area contributed by atoms with Gasteiger partial charge in [-0.05, 0) is 38.3 Å².